The van der Waals surface area contributed by atoms with Gasteiger partial charge in [0.25, 0.3) is 5.91 Å². The molecule has 2 aromatic heterocycles. The van der Waals surface area contributed by atoms with Crippen molar-refractivity contribution in [1.29, 1.82) is 0 Å². The van der Waals surface area contributed by atoms with Gasteiger partial charge in [0, 0.05) is 56.4 Å². The second-order valence-corrected chi connectivity index (χ2v) is 9.88. The van der Waals surface area contributed by atoms with Gasteiger partial charge in [0.1, 0.15) is 0 Å². The minimum absolute atomic E-state index is 0.0272. The van der Waals surface area contributed by atoms with Crippen LogP contribution in [0.15, 0.2) is 48.5 Å². The molecule has 0 radical (unpaired) electrons. The summed E-state index contributed by atoms with van der Waals surface area (Å²) >= 11 is 0. The van der Waals surface area contributed by atoms with Crippen molar-refractivity contribution < 1.29 is 14.3 Å². The van der Waals surface area contributed by atoms with E-state index in [2.05, 4.69) is 36.0 Å². The topological polar surface area (TPSA) is 130 Å². The minimum atomic E-state index is -0.0525. The van der Waals surface area contributed by atoms with E-state index in [-0.39, 0.29) is 17.7 Å². The Labute approximate surface area is 225 Å². The third-order valence-corrected chi connectivity index (χ3v) is 7.40. The van der Waals surface area contributed by atoms with E-state index in [4.69, 9.17) is 4.74 Å². The fourth-order valence-corrected chi connectivity index (χ4v) is 5.16. The van der Waals surface area contributed by atoms with E-state index >= 15 is 0 Å². The maximum atomic E-state index is 13.1. The average Bonchev–Trinajstić information content (AvgIpc) is 3.49. The summed E-state index contributed by atoms with van der Waals surface area (Å²) in [6.07, 6.45) is 1.34. The number of benzene rings is 2. The Balaban J connectivity index is 1.02. The van der Waals surface area contributed by atoms with Crippen LogP contribution in [0.5, 0.6) is 0 Å². The monoisotopic (exact) mass is 529 g/mol. The summed E-state index contributed by atoms with van der Waals surface area (Å²) in [5, 5.41) is 18.3. The highest BCUT2D eigenvalue weighted by molar-refractivity contribution is 5.95. The van der Waals surface area contributed by atoms with Gasteiger partial charge in [-0.3, -0.25) is 14.5 Å². The number of tetrazole rings is 1. The van der Waals surface area contributed by atoms with E-state index in [0.717, 1.165) is 49.6 Å². The number of anilines is 2. The zero-order valence-corrected chi connectivity index (χ0v) is 21.6. The van der Waals surface area contributed by atoms with E-state index in [1.807, 2.05) is 41.3 Å². The van der Waals surface area contributed by atoms with Gasteiger partial charge in [0.05, 0.1) is 24.2 Å². The Hall–Kier alpha value is -4.16. The summed E-state index contributed by atoms with van der Waals surface area (Å²) in [7, 11) is 0. The number of nitrogens with one attached hydrogen (secondary N) is 2. The predicted octanol–water partition coefficient (Wildman–Crippen LogP) is 1.72. The molecule has 2 aliphatic heterocycles. The third kappa shape index (κ3) is 5.52. The molecular formula is C27H31N9O3. The molecule has 6 rings (SSSR count). The Morgan fingerprint density at radius 2 is 1.74 bits per heavy atom. The van der Waals surface area contributed by atoms with Crippen LogP contribution in [0.3, 0.4) is 0 Å². The third-order valence-electron chi connectivity index (χ3n) is 7.40. The standard InChI is InChI=1S/C27H31N9O3/c37-26(28-11-14-34-15-17-39-18-16-34)19-9-12-35(13-10-19)27(38)20-5-7-21(8-6-20)29-24-25-31-32-33-36(25)23-4-2-1-3-22(23)30-24/h1-8,19H,9-18H2,(H,28,37)(H,29,30). The second-order valence-electron chi connectivity index (χ2n) is 9.88. The number of fused-ring (bicyclic) bond motifs is 3. The SMILES string of the molecule is O=C(NCCN1CCOCC1)C1CCN(C(=O)c2ccc(Nc3nc4ccccc4n4nnnc34)cc2)CC1. The molecule has 12 heteroatoms. The first-order valence-electron chi connectivity index (χ1n) is 13.4. The van der Waals surface area contributed by atoms with Gasteiger partial charge in [-0.25, -0.2) is 4.98 Å². The Bertz CT molecular complexity index is 1460. The number of aromatic nitrogens is 5. The van der Waals surface area contributed by atoms with Crippen molar-refractivity contribution in [2.75, 3.05) is 57.8 Å². The highest BCUT2D eigenvalue weighted by Gasteiger charge is 2.28. The van der Waals surface area contributed by atoms with Gasteiger partial charge in [0.2, 0.25) is 11.6 Å². The number of piperidine rings is 1. The molecule has 39 heavy (non-hydrogen) atoms. The Morgan fingerprint density at radius 1 is 0.974 bits per heavy atom. The normalized spacial score (nSPS) is 17.0. The highest BCUT2D eigenvalue weighted by atomic mass is 16.5. The number of para-hydroxylation sites is 2. The highest BCUT2D eigenvalue weighted by Crippen LogP contribution is 2.24. The van der Waals surface area contributed by atoms with Crippen LogP contribution in [-0.4, -0.2) is 99.1 Å². The number of morpholine rings is 1. The quantitative estimate of drug-likeness (QED) is 0.367. The summed E-state index contributed by atoms with van der Waals surface area (Å²) in [4.78, 5) is 34.6. The number of rotatable bonds is 7. The van der Waals surface area contributed by atoms with Crippen LogP contribution in [0.25, 0.3) is 16.7 Å². The molecule has 0 saturated carbocycles. The molecule has 12 nitrogen and oxygen atoms in total. The number of hydrogen-bond acceptors (Lipinski definition) is 9. The molecule has 2 N–H and O–H groups in total. The molecule has 0 aliphatic carbocycles. The van der Waals surface area contributed by atoms with E-state index in [1.165, 1.54) is 0 Å². The van der Waals surface area contributed by atoms with Crippen LogP contribution < -0.4 is 10.6 Å². The van der Waals surface area contributed by atoms with Crippen LogP contribution in [0.1, 0.15) is 23.2 Å². The summed E-state index contributed by atoms with van der Waals surface area (Å²) in [6, 6.07) is 14.9. The van der Waals surface area contributed by atoms with Crippen LogP contribution >= 0.6 is 0 Å². The van der Waals surface area contributed by atoms with Gasteiger partial charge < -0.3 is 20.3 Å². The molecule has 0 spiro atoms. The molecular weight excluding hydrogens is 498 g/mol. The first-order valence-corrected chi connectivity index (χ1v) is 13.4. The van der Waals surface area contributed by atoms with Crippen molar-refractivity contribution in [1.82, 2.24) is 40.1 Å². The van der Waals surface area contributed by atoms with E-state index in [1.54, 1.807) is 16.6 Å². The number of carbonyl (C=O) groups is 2. The number of amides is 2. The first kappa shape index (κ1) is 25.1. The largest absolute Gasteiger partial charge is 0.379 e. The number of ether oxygens (including phenoxy) is 1. The van der Waals surface area contributed by atoms with Crippen LogP contribution in [-0.2, 0) is 9.53 Å². The zero-order chi connectivity index (χ0) is 26.6. The fourth-order valence-electron chi connectivity index (χ4n) is 5.16. The maximum absolute atomic E-state index is 13.1. The van der Waals surface area contributed by atoms with Crippen LogP contribution in [0.4, 0.5) is 11.5 Å². The van der Waals surface area contributed by atoms with Crippen molar-refractivity contribution in [2.45, 2.75) is 12.8 Å². The average molecular weight is 530 g/mol. The number of likely N-dealkylation sites (tertiary alicyclic amines) is 1. The number of nitrogens with zero attached hydrogens (tertiary/aromatic N) is 7. The fraction of sp³-hybridized carbons (Fsp3) is 0.407. The lowest BCUT2D eigenvalue weighted by Crippen LogP contribution is -2.45. The molecule has 4 aromatic rings. The molecule has 0 bridgehead atoms. The van der Waals surface area contributed by atoms with Crippen LogP contribution in [0, 0.1) is 5.92 Å². The van der Waals surface area contributed by atoms with Crippen molar-refractivity contribution in [3.05, 3.63) is 54.1 Å². The number of carbonyl (C=O) groups excluding carboxylic acids is 2. The Morgan fingerprint density at radius 3 is 2.54 bits per heavy atom. The maximum Gasteiger partial charge on any atom is 0.253 e. The van der Waals surface area contributed by atoms with E-state index < -0.39 is 0 Å². The van der Waals surface area contributed by atoms with Gasteiger partial charge in [-0.1, -0.05) is 12.1 Å². The lowest BCUT2D eigenvalue weighted by Gasteiger charge is -2.32. The smallest absolute Gasteiger partial charge is 0.253 e. The summed E-state index contributed by atoms with van der Waals surface area (Å²) < 4.78 is 7.01. The molecule has 2 aliphatic rings. The number of hydrogen-bond donors (Lipinski definition) is 2. The van der Waals surface area contributed by atoms with Gasteiger partial charge >= 0.3 is 0 Å². The molecule has 4 heterocycles. The van der Waals surface area contributed by atoms with E-state index in [0.29, 0.717) is 49.5 Å². The van der Waals surface area contributed by atoms with Crippen molar-refractivity contribution in [2.24, 2.45) is 5.92 Å². The van der Waals surface area contributed by atoms with Gasteiger partial charge in [-0.15, -0.1) is 5.10 Å². The minimum Gasteiger partial charge on any atom is -0.379 e. The molecule has 2 fully saturated rings. The lowest BCUT2D eigenvalue weighted by atomic mass is 9.95. The Kier molecular flexibility index (Phi) is 7.28. The predicted molar refractivity (Wildman–Crippen MR) is 145 cm³/mol. The zero-order valence-electron chi connectivity index (χ0n) is 21.6. The van der Waals surface area contributed by atoms with Gasteiger partial charge in [-0.05, 0) is 59.7 Å². The molecule has 2 aromatic carbocycles. The first-order chi connectivity index (χ1) is 19.2. The summed E-state index contributed by atoms with van der Waals surface area (Å²) in [5.41, 5.74) is 3.47. The second kappa shape index (κ2) is 11.3. The van der Waals surface area contributed by atoms with Crippen molar-refractivity contribution in [3.8, 4) is 0 Å². The summed E-state index contributed by atoms with van der Waals surface area (Å²) in [6.45, 7) is 5.96. The molecule has 2 saturated heterocycles. The lowest BCUT2D eigenvalue weighted by molar-refractivity contribution is -0.126. The van der Waals surface area contributed by atoms with E-state index in [9.17, 15) is 9.59 Å². The molecule has 202 valence electrons. The summed E-state index contributed by atoms with van der Waals surface area (Å²) in [5.74, 6) is 0.539. The van der Waals surface area contributed by atoms with Gasteiger partial charge in [-0.2, -0.15) is 4.52 Å². The molecule has 0 atom stereocenters. The van der Waals surface area contributed by atoms with Crippen LogP contribution in [0.2, 0.25) is 0 Å². The van der Waals surface area contributed by atoms with Gasteiger partial charge in [0.15, 0.2) is 5.82 Å². The van der Waals surface area contributed by atoms with Crippen molar-refractivity contribution >= 4 is 40.0 Å². The molecule has 0 unspecified atom stereocenters. The van der Waals surface area contributed by atoms with Crippen molar-refractivity contribution in [3.63, 3.8) is 0 Å². The molecule has 2 amide bonds.